The zero-order valence-corrected chi connectivity index (χ0v) is 15.5. The third-order valence-corrected chi connectivity index (χ3v) is 5.40. The molecule has 0 saturated heterocycles. The van der Waals surface area contributed by atoms with Crippen molar-refractivity contribution in [2.45, 2.75) is 52.9 Å². The molecule has 0 fully saturated rings. The predicted octanol–water partition coefficient (Wildman–Crippen LogP) is 6.38. The summed E-state index contributed by atoms with van der Waals surface area (Å²) in [7, 11) is 0. The third kappa shape index (κ3) is 4.50. The molecule has 1 aliphatic carbocycles. The van der Waals surface area contributed by atoms with Gasteiger partial charge in [0.25, 0.3) is 0 Å². The van der Waals surface area contributed by atoms with Gasteiger partial charge in [0.15, 0.2) is 0 Å². The van der Waals surface area contributed by atoms with Crippen LogP contribution < -0.4 is 4.74 Å². The lowest BCUT2D eigenvalue weighted by atomic mass is 9.81. The summed E-state index contributed by atoms with van der Waals surface area (Å²) in [5, 5.41) is 2.30. The maximum absolute atomic E-state index is 11.1. The van der Waals surface area contributed by atoms with E-state index in [9.17, 15) is 4.79 Å². The number of allylic oxidation sites excluding steroid dienone is 2. The summed E-state index contributed by atoms with van der Waals surface area (Å²) in [6, 6.07) is 12.4. The maximum Gasteiger partial charge on any atom is 0.308 e. The van der Waals surface area contributed by atoms with Gasteiger partial charge in [0.1, 0.15) is 5.75 Å². The van der Waals surface area contributed by atoms with E-state index in [0.717, 1.165) is 17.2 Å². The van der Waals surface area contributed by atoms with Crippen LogP contribution in [0.25, 0.3) is 16.3 Å². The minimum Gasteiger partial charge on any atom is -0.427 e. The molecular formula is C23H28O2. The first kappa shape index (κ1) is 17.7. The third-order valence-electron chi connectivity index (χ3n) is 5.40. The van der Waals surface area contributed by atoms with Gasteiger partial charge in [-0.25, -0.2) is 0 Å². The highest BCUT2D eigenvalue weighted by Gasteiger charge is 2.17. The highest BCUT2D eigenvalue weighted by molar-refractivity contribution is 5.88. The highest BCUT2D eigenvalue weighted by Crippen LogP contribution is 2.35. The minimum absolute atomic E-state index is 0.282. The van der Waals surface area contributed by atoms with Crippen LogP contribution >= 0.6 is 0 Å². The molecular weight excluding hydrogens is 308 g/mol. The highest BCUT2D eigenvalue weighted by atomic mass is 16.5. The van der Waals surface area contributed by atoms with E-state index in [1.54, 1.807) is 0 Å². The average Bonchev–Trinajstić information content (AvgIpc) is 2.61. The summed E-state index contributed by atoms with van der Waals surface area (Å²) in [4.78, 5) is 11.1. The van der Waals surface area contributed by atoms with Crippen LogP contribution in [-0.2, 0) is 4.79 Å². The van der Waals surface area contributed by atoms with Crippen LogP contribution in [0, 0.1) is 11.8 Å². The Morgan fingerprint density at radius 2 is 1.96 bits per heavy atom. The second kappa shape index (κ2) is 7.86. The molecule has 0 saturated carbocycles. The number of carbonyl (C=O) groups is 1. The van der Waals surface area contributed by atoms with Crippen molar-refractivity contribution < 1.29 is 9.53 Å². The molecule has 2 unspecified atom stereocenters. The van der Waals surface area contributed by atoms with Crippen molar-refractivity contribution in [3.63, 3.8) is 0 Å². The Bertz CT molecular complexity index is 788. The van der Waals surface area contributed by atoms with Crippen LogP contribution in [-0.4, -0.2) is 5.97 Å². The summed E-state index contributed by atoms with van der Waals surface area (Å²) < 4.78 is 5.17. The molecule has 0 aliphatic heterocycles. The van der Waals surface area contributed by atoms with Crippen molar-refractivity contribution in [3.05, 3.63) is 48.0 Å². The first-order chi connectivity index (χ1) is 12.0. The van der Waals surface area contributed by atoms with E-state index >= 15 is 0 Å². The van der Waals surface area contributed by atoms with Crippen molar-refractivity contribution in [2.75, 3.05) is 0 Å². The van der Waals surface area contributed by atoms with E-state index in [1.807, 2.05) is 18.2 Å². The van der Waals surface area contributed by atoms with E-state index in [2.05, 4.69) is 38.1 Å². The minimum atomic E-state index is -0.282. The lowest BCUT2D eigenvalue weighted by Gasteiger charge is -2.24. The second-order valence-electron chi connectivity index (χ2n) is 7.44. The molecule has 2 aromatic rings. The van der Waals surface area contributed by atoms with Crippen molar-refractivity contribution in [1.29, 1.82) is 0 Å². The van der Waals surface area contributed by atoms with E-state index in [1.165, 1.54) is 55.6 Å². The van der Waals surface area contributed by atoms with Crippen molar-refractivity contribution in [3.8, 4) is 5.75 Å². The molecule has 1 aliphatic rings. The lowest BCUT2D eigenvalue weighted by Crippen LogP contribution is -2.09. The van der Waals surface area contributed by atoms with Crippen molar-refractivity contribution >= 4 is 22.3 Å². The largest absolute Gasteiger partial charge is 0.427 e. The Morgan fingerprint density at radius 1 is 1.20 bits per heavy atom. The standard InChI is InChI=1S/C23H28O2/c1-4-16(2)13-18-5-7-19(8-6-18)20-9-10-22-15-23(25-17(3)24)12-11-21(22)14-20/h7,9-12,14-16,18H,4-6,8,13H2,1-3H3. The Hall–Kier alpha value is -2.09. The molecule has 0 bridgehead atoms. The first-order valence-corrected chi connectivity index (χ1v) is 9.46. The van der Waals surface area contributed by atoms with Crippen LogP contribution in [0.4, 0.5) is 0 Å². The smallest absolute Gasteiger partial charge is 0.308 e. The summed E-state index contributed by atoms with van der Waals surface area (Å²) >= 11 is 0. The molecule has 0 amide bonds. The second-order valence-corrected chi connectivity index (χ2v) is 7.44. The number of hydrogen-bond acceptors (Lipinski definition) is 2. The number of fused-ring (bicyclic) bond motifs is 1. The monoisotopic (exact) mass is 336 g/mol. The molecule has 132 valence electrons. The number of benzene rings is 2. The van der Waals surface area contributed by atoms with Gasteiger partial charge in [-0.2, -0.15) is 0 Å². The fraction of sp³-hybridized carbons (Fsp3) is 0.435. The normalized spacial score (nSPS) is 18.7. The van der Waals surface area contributed by atoms with Gasteiger partial charge in [0, 0.05) is 6.92 Å². The van der Waals surface area contributed by atoms with Gasteiger partial charge in [-0.1, -0.05) is 44.5 Å². The number of rotatable bonds is 5. The van der Waals surface area contributed by atoms with E-state index in [4.69, 9.17) is 4.74 Å². The maximum atomic E-state index is 11.1. The van der Waals surface area contributed by atoms with Crippen LogP contribution in [0.2, 0.25) is 0 Å². The van der Waals surface area contributed by atoms with Crippen LogP contribution in [0.15, 0.2) is 42.5 Å². The molecule has 0 aromatic heterocycles. The molecule has 0 N–H and O–H groups in total. The first-order valence-electron chi connectivity index (χ1n) is 9.46. The summed E-state index contributed by atoms with van der Waals surface area (Å²) in [6.45, 7) is 6.08. The SMILES string of the molecule is CCC(C)CC1CC=C(c2ccc3cc(OC(C)=O)ccc3c2)CC1. The van der Waals surface area contributed by atoms with Crippen molar-refractivity contribution in [1.82, 2.24) is 0 Å². The molecule has 0 radical (unpaired) electrons. The van der Waals surface area contributed by atoms with Crippen LogP contribution in [0.3, 0.4) is 0 Å². The molecule has 2 heteroatoms. The van der Waals surface area contributed by atoms with E-state index in [0.29, 0.717) is 5.75 Å². The number of carbonyl (C=O) groups excluding carboxylic acids is 1. The van der Waals surface area contributed by atoms with E-state index < -0.39 is 0 Å². The topological polar surface area (TPSA) is 26.3 Å². The molecule has 0 spiro atoms. The van der Waals surface area contributed by atoms with Gasteiger partial charge < -0.3 is 4.74 Å². The van der Waals surface area contributed by atoms with Gasteiger partial charge in [-0.05, 0) is 77.6 Å². The number of hydrogen-bond donors (Lipinski definition) is 0. The van der Waals surface area contributed by atoms with Gasteiger partial charge in [0.2, 0.25) is 0 Å². The van der Waals surface area contributed by atoms with Crippen LogP contribution in [0.1, 0.15) is 58.4 Å². The predicted molar refractivity (Wildman–Crippen MR) is 105 cm³/mol. The molecule has 2 atom stereocenters. The Morgan fingerprint density at radius 3 is 2.64 bits per heavy atom. The number of ether oxygens (including phenoxy) is 1. The lowest BCUT2D eigenvalue weighted by molar-refractivity contribution is -0.131. The summed E-state index contributed by atoms with van der Waals surface area (Å²) in [5.74, 6) is 2.02. The molecule has 25 heavy (non-hydrogen) atoms. The van der Waals surface area contributed by atoms with Gasteiger partial charge in [-0.3, -0.25) is 4.79 Å². The van der Waals surface area contributed by atoms with Gasteiger partial charge >= 0.3 is 5.97 Å². The molecule has 3 rings (SSSR count). The Kier molecular flexibility index (Phi) is 5.57. The zero-order chi connectivity index (χ0) is 17.8. The van der Waals surface area contributed by atoms with Gasteiger partial charge in [-0.15, -0.1) is 0 Å². The number of esters is 1. The average molecular weight is 336 g/mol. The van der Waals surface area contributed by atoms with E-state index in [-0.39, 0.29) is 5.97 Å². The molecule has 0 heterocycles. The Balaban J connectivity index is 1.75. The summed E-state index contributed by atoms with van der Waals surface area (Å²) in [5.41, 5.74) is 2.81. The summed E-state index contributed by atoms with van der Waals surface area (Å²) in [6.07, 6.45) is 8.79. The zero-order valence-electron chi connectivity index (χ0n) is 15.5. The fourth-order valence-corrected chi connectivity index (χ4v) is 3.75. The molecule has 2 aromatic carbocycles. The van der Waals surface area contributed by atoms with Crippen LogP contribution in [0.5, 0.6) is 5.75 Å². The van der Waals surface area contributed by atoms with Gasteiger partial charge in [0.05, 0.1) is 0 Å². The molecule has 2 nitrogen and oxygen atoms in total. The fourth-order valence-electron chi connectivity index (χ4n) is 3.75. The Labute approximate surface area is 150 Å². The van der Waals surface area contributed by atoms with Crippen molar-refractivity contribution in [2.24, 2.45) is 11.8 Å². The quantitative estimate of drug-likeness (QED) is 0.467.